The van der Waals surface area contributed by atoms with Crippen LogP contribution in [0.5, 0.6) is 5.75 Å². The Balaban J connectivity index is 2.25. The Bertz CT molecular complexity index is 204. The van der Waals surface area contributed by atoms with Crippen molar-refractivity contribution in [1.82, 2.24) is 0 Å². The van der Waals surface area contributed by atoms with Crippen LogP contribution in [-0.4, -0.2) is 6.61 Å². The first kappa shape index (κ1) is 9.11. The number of hydrogen-bond donors (Lipinski definition) is 0. The van der Waals surface area contributed by atoms with Crippen molar-refractivity contribution < 1.29 is 4.74 Å². The summed E-state index contributed by atoms with van der Waals surface area (Å²) in [5.41, 5.74) is 0. The van der Waals surface area contributed by atoms with E-state index in [0.29, 0.717) is 0 Å². The lowest BCUT2D eigenvalue weighted by molar-refractivity contribution is 0.315. The quantitative estimate of drug-likeness (QED) is 0.662. The maximum absolute atomic E-state index is 5.50. The van der Waals surface area contributed by atoms with Gasteiger partial charge in [0.2, 0.25) is 0 Å². The highest BCUT2D eigenvalue weighted by molar-refractivity contribution is 5.20. The fourth-order valence-electron chi connectivity index (χ4n) is 0.890. The number of rotatable bonds is 4. The number of hydrogen-bond acceptors (Lipinski definition) is 1. The predicted molar refractivity (Wildman–Crippen MR) is 51.1 cm³/mol. The molecule has 1 radical (unpaired) electrons. The van der Waals surface area contributed by atoms with Crippen molar-refractivity contribution in [3.8, 4) is 5.75 Å². The topological polar surface area (TPSA) is 9.23 Å². The van der Waals surface area contributed by atoms with Crippen LogP contribution >= 0.6 is 0 Å². The van der Waals surface area contributed by atoms with Gasteiger partial charge in [-0.2, -0.15) is 0 Å². The smallest absolute Gasteiger partial charge is 0.119 e. The molecule has 0 saturated carbocycles. The summed E-state index contributed by atoms with van der Waals surface area (Å²) in [6, 6.07) is 9.91. The molecular formula is C11H15O. The van der Waals surface area contributed by atoms with Crippen LogP contribution in [0.3, 0.4) is 0 Å². The molecule has 0 fully saturated rings. The standard InChI is InChI=1S/C11H15O/c1-10(2)8-9-12-11-6-4-3-5-7-11/h3-7H,8-9H2,1-2H3. The van der Waals surface area contributed by atoms with E-state index in [2.05, 4.69) is 13.8 Å². The van der Waals surface area contributed by atoms with Crippen LogP contribution in [0.4, 0.5) is 0 Å². The molecule has 1 rings (SSSR count). The molecule has 0 saturated heterocycles. The first-order valence-corrected chi connectivity index (χ1v) is 4.26. The third kappa shape index (κ3) is 3.42. The summed E-state index contributed by atoms with van der Waals surface area (Å²) >= 11 is 0. The predicted octanol–water partition coefficient (Wildman–Crippen LogP) is 3.07. The second-order valence-electron chi connectivity index (χ2n) is 3.12. The van der Waals surface area contributed by atoms with E-state index >= 15 is 0 Å². The lowest BCUT2D eigenvalue weighted by atomic mass is 10.1. The number of benzene rings is 1. The van der Waals surface area contributed by atoms with Crippen molar-refractivity contribution in [2.75, 3.05) is 6.61 Å². The molecule has 0 spiro atoms. The van der Waals surface area contributed by atoms with Crippen molar-refractivity contribution in [2.24, 2.45) is 0 Å². The maximum Gasteiger partial charge on any atom is 0.119 e. The zero-order valence-electron chi connectivity index (χ0n) is 7.71. The zero-order chi connectivity index (χ0) is 8.81. The van der Waals surface area contributed by atoms with E-state index in [1.54, 1.807) is 0 Å². The molecule has 0 unspecified atom stereocenters. The molecule has 0 atom stereocenters. The van der Waals surface area contributed by atoms with Crippen molar-refractivity contribution in [1.29, 1.82) is 0 Å². The normalized spacial score (nSPS) is 10.2. The van der Waals surface area contributed by atoms with Gasteiger partial charge in [0.1, 0.15) is 5.75 Å². The summed E-state index contributed by atoms with van der Waals surface area (Å²) in [7, 11) is 0. The number of para-hydroxylation sites is 1. The molecule has 0 amide bonds. The van der Waals surface area contributed by atoms with E-state index in [9.17, 15) is 0 Å². The van der Waals surface area contributed by atoms with Crippen LogP contribution in [0.1, 0.15) is 20.3 Å². The fraction of sp³-hybridized carbons (Fsp3) is 0.364. The Morgan fingerprint density at radius 1 is 1.17 bits per heavy atom. The van der Waals surface area contributed by atoms with E-state index in [-0.39, 0.29) is 0 Å². The molecule has 65 valence electrons. The van der Waals surface area contributed by atoms with E-state index < -0.39 is 0 Å². The van der Waals surface area contributed by atoms with Crippen LogP contribution in [0.25, 0.3) is 0 Å². The van der Waals surface area contributed by atoms with Crippen molar-refractivity contribution in [2.45, 2.75) is 20.3 Å². The second kappa shape index (κ2) is 4.81. The van der Waals surface area contributed by atoms with Gasteiger partial charge in [0.25, 0.3) is 0 Å². The lowest BCUT2D eigenvalue weighted by Gasteiger charge is -2.06. The molecule has 1 aromatic rings. The van der Waals surface area contributed by atoms with Gasteiger partial charge in [0, 0.05) is 0 Å². The zero-order valence-corrected chi connectivity index (χ0v) is 7.71. The van der Waals surface area contributed by atoms with Crippen LogP contribution < -0.4 is 4.74 Å². The van der Waals surface area contributed by atoms with Crippen LogP contribution in [0.2, 0.25) is 0 Å². The van der Waals surface area contributed by atoms with E-state index in [4.69, 9.17) is 4.74 Å². The highest BCUT2D eigenvalue weighted by Gasteiger charge is 1.94. The first-order valence-electron chi connectivity index (χ1n) is 4.26. The van der Waals surface area contributed by atoms with Gasteiger partial charge in [0.05, 0.1) is 6.61 Å². The molecule has 0 aliphatic carbocycles. The van der Waals surface area contributed by atoms with Crippen molar-refractivity contribution >= 4 is 0 Å². The minimum absolute atomic E-state index is 0.784. The second-order valence-corrected chi connectivity index (χ2v) is 3.12. The van der Waals surface area contributed by atoms with Gasteiger partial charge in [-0.1, -0.05) is 32.0 Å². The average Bonchev–Trinajstić information content (AvgIpc) is 2.05. The molecule has 0 heterocycles. The Hall–Kier alpha value is -0.980. The highest BCUT2D eigenvalue weighted by atomic mass is 16.5. The first-order chi connectivity index (χ1) is 5.79. The molecule has 1 aromatic carbocycles. The summed E-state index contributed by atoms with van der Waals surface area (Å²) in [6.45, 7) is 5.02. The van der Waals surface area contributed by atoms with Gasteiger partial charge in [-0.3, -0.25) is 0 Å². The average molecular weight is 163 g/mol. The molecule has 0 N–H and O–H groups in total. The van der Waals surface area contributed by atoms with Crippen LogP contribution in [-0.2, 0) is 0 Å². The molecule has 0 bridgehead atoms. The number of ether oxygens (including phenoxy) is 1. The van der Waals surface area contributed by atoms with Gasteiger partial charge in [0.15, 0.2) is 0 Å². The van der Waals surface area contributed by atoms with Gasteiger partial charge in [-0.15, -0.1) is 0 Å². The Morgan fingerprint density at radius 2 is 1.83 bits per heavy atom. The summed E-state index contributed by atoms with van der Waals surface area (Å²) in [4.78, 5) is 0. The molecule has 1 heteroatoms. The van der Waals surface area contributed by atoms with Gasteiger partial charge in [-0.05, 0) is 24.5 Å². The highest BCUT2D eigenvalue weighted by Crippen LogP contribution is 2.10. The van der Waals surface area contributed by atoms with Crippen LogP contribution in [0.15, 0.2) is 30.3 Å². The summed E-state index contributed by atoms with van der Waals surface area (Å²) < 4.78 is 5.50. The third-order valence-electron chi connectivity index (χ3n) is 1.61. The van der Waals surface area contributed by atoms with Crippen LogP contribution in [0, 0.1) is 5.92 Å². The summed E-state index contributed by atoms with van der Waals surface area (Å²) in [6.07, 6.45) is 1.04. The molecule has 1 nitrogen and oxygen atoms in total. The largest absolute Gasteiger partial charge is 0.494 e. The van der Waals surface area contributed by atoms with Gasteiger partial charge >= 0.3 is 0 Å². The minimum atomic E-state index is 0.784. The molecule has 0 aliphatic rings. The Labute approximate surface area is 74.4 Å². The van der Waals surface area contributed by atoms with Gasteiger partial charge in [-0.25, -0.2) is 0 Å². The van der Waals surface area contributed by atoms with Crippen molar-refractivity contribution in [3.05, 3.63) is 36.2 Å². The molecule has 0 aliphatic heterocycles. The Kier molecular flexibility index (Phi) is 3.65. The maximum atomic E-state index is 5.50. The fourth-order valence-corrected chi connectivity index (χ4v) is 0.890. The Morgan fingerprint density at radius 3 is 2.42 bits per heavy atom. The third-order valence-corrected chi connectivity index (χ3v) is 1.61. The molecule has 12 heavy (non-hydrogen) atoms. The van der Waals surface area contributed by atoms with Crippen molar-refractivity contribution in [3.63, 3.8) is 0 Å². The molecular weight excluding hydrogens is 148 g/mol. The van der Waals surface area contributed by atoms with E-state index in [0.717, 1.165) is 18.8 Å². The van der Waals surface area contributed by atoms with E-state index in [1.807, 2.05) is 30.3 Å². The SMILES string of the molecule is C[C](C)CCOc1ccccc1. The monoisotopic (exact) mass is 163 g/mol. The van der Waals surface area contributed by atoms with Gasteiger partial charge < -0.3 is 4.74 Å². The lowest BCUT2D eigenvalue weighted by Crippen LogP contribution is -1.99. The minimum Gasteiger partial charge on any atom is -0.494 e. The molecule has 0 aromatic heterocycles. The van der Waals surface area contributed by atoms with E-state index in [1.165, 1.54) is 5.92 Å². The summed E-state index contributed by atoms with van der Waals surface area (Å²) in [5.74, 6) is 2.37. The summed E-state index contributed by atoms with van der Waals surface area (Å²) in [5, 5.41) is 0.